The predicted octanol–water partition coefficient (Wildman–Crippen LogP) is 2.22. The van der Waals surface area contributed by atoms with Crippen molar-refractivity contribution in [2.24, 2.45) is 0 Å². The number of anilines is 2. The van der Waals surface area contributed by atoms with Crippen LogP contribution >= 0.6 is 0 Å². The Bertz CT molecular complexity index is 410. The summed E-state index contributed by atoms with van der Waals surface area (Å²) in [6, 6.07) is 2.06. The van der Waals surface area contributed by atoms with Crippen molar-refractivity contribution in [2.45, 2.75) is 20.0 Å². The summed E-state index contributed by atoms with van der Waals surface area (Å²) in [5.74, 6) is -1.50. The fourth-order valence-electron chi connectivity index (χ4n) is 1.76. The molecule has 0 radical (unpaired) electrons. The molecule has 1 rings (SSSR count). The number of hydrogen-bond donors (Lipinski definition) is 2. The summed E-state index contributed by atoms with van der Waals surface area (Å²) in [6.07, 6.45) is 0.766. The van der Waals surface area contributed by atoms with Crippen molar-refractivity contribution in [1.82, 2.24) is 0 Å². The van der Waals surface area contributed by atoms with Crippen LogP contribution in [0.25, 0.3) is 0 Å². The normalized spacial score (nSPS) is 10.8. The summed E-state index contributed by atoms with van der Waals surface area (Å²) in [5.41, 5.74) is 6.16. The van der Waals surface area contributed by atoms with Gasteiger partial charge in [-0.25, -0.2) is 4.39 Å². The number of aliphatic hydroxyl groups excluding tert-OH is 1. The van der Waals surface area contributed by atoms with Crippen molar-refractivity contribution in [3.8, 4) is 5.75 Å². The third kappa shape index (κ3) is 4.20. The summed E-state index contributed by atoms with van der Waals surface area (Å²) in [6.45, 7) is -0.478. The van der Waals surface area contributed by atoms with Gasteiger partial charge in [0.25, 0.3) is 0 Å². The standard InChI is InChI=1S/C12H17F3N2O2/c1-2-3-17(4-5-18)10-7-11(19-12(14)15)8(13)6-9(10)16/h6-7,12,18H,2-5,16H2,1H3. The third-order valence-electron chi connectivity index (χ3n) is 2.50. The number of nitrogens with two attached hydrogens (primary N) is 1. The zero-order valence-corrected chi connectivity index (χ0v) is 10.6. The second kappa shape index (κ2) is 7.08. The van der Waals surface area contributed by atoms with E-state index in [4.69, 9.17) is 10.8 Å². The number of nitrogens with zero attached hydrogens (tertiary/aromatic N) is 1. The molecule has 0 amide bonds. The van der Waals surface area contributed by atoms with Crippen LogP contribution < -0.4 is 15.4 Å². The van der Waals surface area contributed by atoms with Crippen molar-refractivity contribution in [2.75, 3.05) is 30.3 Å². The monoisotopic (exact) mass is 278 g/mol. The molecule has 3 N–H and O–H groups in total. The Morgan fingerprint density at radius 2 is 2.05 bits per heavy atom. The second-order valence-corrected chi connectivity index (χ2v) is 3.93. The molecular formula is C12H17F3N2O2. The Hall–Kier alpha value is -1.63. The molecular weight excluding hydrogens is 261 g/mol. The quantitative estimate of drug-likeness (QED) is 0.751. The van der Waals surface area contributed by atoms with Crippen LogP contribution in [0.4, 0.5) is 24.5 Å². The molecule has 0 aromatic heterocycles. The van der Waals surface area contributed by atoms with E-state index in [0.29, 0.717) is 12.2 Å². The lowest BCUT2D eigenvalue weighted by molar-refractivity contribution is -0.0521. The molecule has 1 aromatic carbocycles. The highest BCUT2D eigenvalue weighted by Crippen LogP contribution is 2.32. The molecule has 19 heavy (non-hydrogen) atoms. The lowest BCUT2D eigenvalue weighted by Crippen LogP contribution is -2.28. The number of ether oxygens (including phenoxy) is 1. The smallest absolute Gasteiger partial charge is 0.387 e. The number of halogens is 3. The molecule has 0 bridgehead atoms. The summed E-state index contributed by atoms with van der Waals surface area (Å²) < 4.78 is 41.8. The Labute approximate surface area is 109 Å². The molecule has 0 fully saturated rings. The molecule has 4 nitrogen and oxygen atoms in total. The lowest BCUT2D eigenvalue weighted by atomic mass is 10.2. The van der Waals surface area contributed by atoms with E-state index in [2.05, 4.69) is 4.74 Å². The van der Waals surface area contributed by atoms with Crippen molar-refractivity contribution in [3.63, 3.8) is 0 Å². The van der Waals surface area contributed by atoms with E-state index >= 15 is 0 Å². The Kier molecular flexibility index (Phi) is 5.75. The molecule has 0 atom stereocenters. The summed E-state index contributed by atoms with van der Waals surface area (Å²) in [5, 5.41) is 8.98. The predicted molar refractivity (Wildman–Crippen MR) is 67.0 cm³/mol. The minimum absolute atomic E-state index is 0.112. The van der Waals surface area contributed by atoms with Gasteiger partial charge in [0.2, 0.25) is 0 Å². The first-order chi connectivity index (χ1) is 8.99. The van der Waals surface area contributed by atoms with Gasteiger partial charge >= 0.3 is 6.61 Å². The molecule has 0 aliphatic carbocycles. The van der Waals surface area contributed by atoms with Crippen LogP contribution in [0, 0.1) is 5.82 Å². The van der Waals surface area contributed by atoms with Crippen LogP contribution in [0.3, 0.4) is 0 Å². The van der Waals surface area contributed by atoms with E-state index < -0.39 is 18.2 Å². The molecule has 0 spiro atoms. The number of hydrogen-bond acceptors (Lipinski definition) is 4. The molecule has 108 valence electrons. The molecule has 0 unspecified atom stereocenters. The molecule has 0 saturated carbocycles. The largest absolute Gasteiger partial charge is 0.432 e. The zero-order chi connectivity index (χ0) is 14.4. The molecule has 0 heterocycles. The highest BCUT2D eigenvalue weighted by atomic mass is 19.3. The number of rotatable bonds is 7. The maximum absolute atomic E-state index is 13.4. The van der Waals surface area contributed by atoms with Gasteiger partial charge in [0, 0.05) is 25.2 Å². The summed E-state index contributed by atoms with van der Waals surface area (Å²) in [7, 11) is 0. The summed E-state index contributed by atoms with van der Waals surface area (Å²) >= 11 is 0. The first-order valence-electron chi connectivity index (χ1n) is 5.89. The van der Waals surface area contributed by atoms with E-state index in [-0.39, 0.29) is 18.8 Å². The van der Waals surface area contributed by atoms with Gasteiger partial charge in [0.15, 0.2) is 11.6 Å². The fourth-order valence-corrected chi connectivity index (χ4v) is 1.76. The number of benzene rings is 1. The lowest BCUT2D eigenvalue weighted by Gasteiger charge is -2.25. The zero-order valence-electron chi connectivity index (χ0n) is 10.6. The number of aliphatic hydroxyl groups is 1. The fraction of sp³-hybridized carbons (Fsp3) is 0.500. The van der Waals surface area contributed by atoms with Crippen LogP contribution in [0.15, 0.2) is 12.1 Å². The van der Waals surface area contributed by atoms with Gasteiger partial charge in [-0.15, -0.1) is 0 Å². The van der Waals surface area contributed by atoms with Crippen molar-refractivity contribution >= 4 is 11.4 Å². The average molecular weight is 278 g/mol. The van der Waals surface area contributed by atoms with Gasteiger partial charge < -0.3 is 20.5 Å². The maximum atomic E-state index is 13.4. The van der Waals surface area contributed by atoms with Crippen LogP contribution in [-0.2, 0) is 0 Å². The Balaban J connectivity index is 3.09. The highest BCUT2D eigenvalue weighted by molar-refractivity contribution is 5.70. The maximum Gasteiger partial charge on any atom is 0.387 e. The molecule has 0 aliphatic rings. The van der Waals surface area contributed by atoms with Gasteiger partial charge in [-0.05, 0) is 6.42 Å². The van der Waals surface area contributed by atoms with Crippen molar-refractivity contribution in [3.05, 3.63) is 17.9 Å². The van der Waals surface area contributed by atoms with Gasteiger partial charge in [-0.1, -0.05) is 6.92 Å². The van der Waals surface area contributed by atoms with E-state index in [1.807, 2.05) is 6.92 Å². The van der Waals surface area contributed by atoms with Crippen molar-refractivity contribution < 1.29 is 23.0 Å². The van der Waals surface area contributed by atoms with E-state index in [9.17, 15) is 13.2 Å². The minimum Gasteiger partial charge on any atom is -0.432 e. The summed E-state index contributed by atoms with van der Waals surface area (Å²) in [4.78, 5) is 1.69. The Morgan fingerprint density at radius 1 is 1.37 bits per heavy atom. The molecule has 1 aromatic rings. The van der Waals surface area contributed by atoms with Crippen LogP contribution in [0.5, 0.6) is 5.75 Å². The van der Waals surface area contributed by atoms with Crippen LogP contribution in [-0.4, -0.2) is 31.4 Å². The average Bonchev–Trinajstić information content (AvgIpc) is 2.32. The molecule has 0 saturated heterocycles. The first-order valence-corrected chi connectivity index (χ1v) is 5.89. The second-order valence-electron chi connectivity index (χ2n) is 3.93. The molecule has 7 heteroatoms. The van der Waals surface area contributed by atoms with E-state index in [1.54, 1.807) is 4.90 Å². The van der Waals surface area contributed by atoms with Gasteiger partial charge in [0.05, 0.1) is 18.0 Å². The molecule has 0 aliphatic heterocycles. The first kappa shape index (κ1) is 15.4. The van der Waals surface area contributed by atoms with Gasteiger partial charge in [0.1, 0.15) is 0 Å². The van der Waals surface area contributed by atoms with E-state index in [0.717, 1.165) is 18.6 Å². The van der Waals surface area contributed by atoms with Gasteiger partial charge in [-0.2, -0.15) is 8.78 Å². The highest BCUT2D eigenvalue weighted by Gasteiger charge is 2.16. The Morgan fingerprint density at radius 3 is 2.58 bits per heavy atom. The van der Waals surface area contributed by atoms with Crippen LogP contribution in [0.1, 0.15) is 13.3 Å². The van der Waals surface area contributed by atoms with Crippen molar-refractivity contribution in [1.29, 1.82) is 0 Å². The van der Waals surface area contributed by atoms with Gasteiger partial charge in [-0.3, -0.25) is 0 Å². The third-order valence-corrected chi connectivity index (χ3v) is 2.50. The minimum atomic E-state index is -3.11. The SMILES string of the molecule is CCCN(CCO)c1cc(OC(F)F)c(F)cc1N. The van der Waals surface area contributed by atoms with Crippen LogP contribution in [0.2, 0.25) is 0 Å². The number of alkyl halides is 2. The number of nitrogen functional groups attached to an aromatic ring is 1. The topological polar surface area (TPSA) is 58.7 Å². The van der Waals surface area contributed by atoms with E-state index in [1.165, 1.54) is 0 Å².